The number of nitrogens with one attached hydrogen (secondary N) is 2. The number of rotatable bonds is 6. The number of hydrogen-bond acceptors (Lipinski definition) is 4. The average Bonchev–Trinajstić information content (AvgIpc) is 3.10. The van der Waals surface area contributed by atoms with Gasteiger partial charge >= 0.3 is 0 Å². The number of H-pyrrole nitrogens is 1. The van der Waals surface area contributed by atoms with Crippen molar-refractivity contribution >= 4 is 22.7 Å². The van der Waals surface area contributed by atoms with Gasteiger partial charge in [0.05, 0.1) is 19.7 Å². The van der Waals surface area contributed by atoms with Crippen LogP contribution in [-0.2, 0) is 16.1 Å². The summed E-state index contributed by atoms with van der Waals surface area (Å²) in [7, 11) is 1.64. The van der Waals surface area contributed by atoms with Crippen LogP contribution in [0.4, 0.5) is 0 Å². The molecule has 174 valence electrons. The second-order valence-corrected chi connectivity index (χ2v) is 8.77. The van der Waals surface area contributed by atoms with Crippen LogP contribution in [0.25, 0.3) is 10.9 Å². The Morgan fingerprint density at radius 2 is 1.88 bits per heavy atom. The molecule has 7 nitrogen and oxygen atoms in total. The molecule has 33 heavy (non-hydrogen) atoms. The number of amides is 2. The Morgan fingerprint density at radius 1 is 1.12 bits per heavy atom. The van der Waals surface area contributed by atoms with E-state index >= 15 is 0 Å². The van der Waals surface area contributed by atoms with Crippen LogP contribution < -0.4 is 10.1 Å². The SMILES string of the molecule is COc1ccc(C2CN(CC(=O)NCc3ccc4[nH]c(C)c(C)c4c3)CCN2C(C)=O)cc1. The molecule has 1 fully saturated rings. The molecular weight excluding hydrogens is 416 g/mol. The van der Waals surface area contributed by atoms with Crippen molar-refractivity contribution in [1.82, 2.24) is 20.1 Å². The minimum Gasteiger partial charge on any atom is -0.497 e. The first-order valence-corrected chi connectivity index (χ1v) is 11.3. The van der Waals surface area contributed by atoms with E-state index in [0.29, 0.717) is 32.7 Å². The van der Waals surface area contributed by atoms with E-state index in [9.17, 15) is 9.59 Å². The third kappa shape index (κ3) is 5.03. The molecule has 1 saturated heterocycles. The molecule has 2 heterocycles. The molecule has 3 aromatic rings. The predicted octanol–water partition coefficient (Wildman–Crippen LogP) is 3.31. The number of carbonyl (C=O) groups is 2. The van der Waals surface area contributed by atoms with Gasteiger partial charge in [0, 0.05) is 49.7 Å². The van der Waals surface area contributed by atoms with Gasteiger partial charge in [0.2, 0.25) is 11.8 Å². The summed E-state index contributed by atoms with van der Waals surface area (Å²) in [6, 6.07) is 14.0. The molecule has 0 aliphatic carbocycles. The lowest BCUT2D eigenvalue weighted by Crippen LogP contribution is -2.52. The molecule has 0 bridgehead atoms. The minimum absolute atomic E-state index is 0.0122. The average molecular weight is 449 g/mol. The van der Waals surface area contributed by atoms with E-state index < -0.39 is 0 Å². The van der Waals surface area contributed by atoms with E-state index in [0.717, 1.165) is 22.4 Å². The second-order valence-electron chi connectivity index (χ2n) is 8.77. The molecule has 2 aromatic carbocycles. The lowest BCUT2D eigenvalue weighted by atomic mass is 10.0. The Hall–Kier alpha value is -3.32. The molecule has 4 rings (SSSR count). The highest BCUT2D eigenvalue weighted by atomic mass is 16.5. The fraction of sp³-hybridized carbons (Fsp3) is 0.385. The lowest BCUT2D eigenvalue weighted by molar-refractivity contribution is -0.134. The van der Waals surface area contributed by atoms with Gasteiger partial charge in [0.1, 0.15) is 5.75 Å². The molecule has 2 amide bonds. The summed E-state index contributed by atoms with van der Waals surface area (Å²) < 4.78 is 5.25. The summed E-state index contributed by atoms with van der Waals surface area (Å²) in [5, 5.41) is 4.25. The van der Waals surface area contributed by atoms with Crippen LogP contribution in [0.15, 0.2) is 42.5 Å². The van der Waals surface area contributed by atoms with Gasteiger partial charge in [-0.25, -0.2) is 0 Å². The number of ether oxygens (including phenoxy) is 1. The highest BCUT2D eigenvalue weighted by Crippen LogP contribution is 2.27. The normalized spacial score (nSPS) is 16.7. The van der Waals surface area contributed by atoms with Gasteiger partial charge in [-0.15, -0.1) is 0 Å². The Morgan fingerprint density at radius 3 is 2.58 bits per heavy atom. The smallest absolute Gasteiger partial charge is 0.234 e. The number of methoxy groups -OCH3 is 1. The maximum Gasteiger partial charge on any atom is 0.234 e. The lowest BCUT2D eigenvalue weighted by Gasteiger charge is -2.41. The number of fused-ring (bicyclic) bond motifs is 1. The number of aromatic amines is 1. The van der Waals surface area contributed by atoms with Crippen LogP contribution in [0.3, 0.4) is 0 Å². The first kappa shape index (κ1) is 22.9. The fourth-order valence-corrected chi connectivity index (χ4v) is 4.55. The van der Waals surface area contributed by atoms with E-state index in [1.54, 1.807) is 14.0 Å². The third-order valence-electron chi connectivity index (χ3n) is 6.60. The standard InChI is InChI=1S/C26H32N4O3/c1-17-18(2)28-24-10-5-20(13-23(17)24)14-27-26(32)16-29-11-12-30(19(3)31)25(15-29)21-6-8-22(33-4)9-7-21/h5-10,13,25,28H,11-12,14-16H2,1-4H3,(H,27,32). The summed E-state index contributed by atoms with van der Waals surface area (Å²) in [6.45, 7) is 8.47. The first-order valence-electron chi connectivity index (χ1n) is 11.3. The van der Waals surface area contributed by atoms with Crippen LogP contribution in [0.5, 0.6) is 5.75 Å². The van der Waals surface area contributed by atoms with Gasteiger partial charge in [-0.2, -0.15) is 0 Å². The zero-order valence-electron chi connectivity index (χ0n) is 19.8. The maximum atomic E-state index is 12.7. The number of aromatic nitrogens is 1. The van der Waals surface area contributed by atoms with Crippen molar-refractivity contribution in [2.24, 2.45) is 0 Å². The van der Waals surface area contributed by atoms with Crippen molar-refractivity contribution in [2.45, 2.75) is 33.4 Å². The summed E-state index contributed by atoms with van der Waals surface area (Å²) in [5.41, 5.74) is 5.65. The number of carbonyl (C=O) groups excluding carboxylic acids is 2. The molecule has 2 N–H and O–H groups in total. The zero-order chi connectivity index (χ0) is 23.5. The molecule has 1 aliphatic rings. The van der Waals surface area contributed by atoms with E-state index in [-0.39, 0.29) is 17.9 Å². The first-order chi connectivity index (χ1) is 15.9. The predicted molar refractivity (Wildman–Crippen MR) is 129 cm³/mol. The van der Waals surface area contributed by atoms with Crippen molar-refractivity contribution in [2.75, 3.05) is 33.3 Å². The van der Waals surface area contributed by atoms with Crippen molar-refractivity contribution in [3.05, 3.63) is 64.8 Å². The molecule has 1 aliphatic heterocycles. The Labute approximate surface area is 194 Å². The number of benzene rings is 2. The quantitative estimate of drug-likeness (QED) is 0.607. The van der Waals surface area contributed by atoms with Crippen molar-refractivity contribution in [3.63, 3.8) is 0 Å². The molecule has 1 unspecified atom stereocenters. The summed E-state index contributed by atoms with van der Waals surface area (Å²) in [5.74, 6) is 0.816. The largest absolute Gasteiger partial charge is 0.497 e. The Kier molecular flexibility index (Phi) is 6.70. The van der Waals surface area contributed by atoms with Crippen molar-refractivity contribution in [1.29, 1.82) is 0 Å². The molecular formula is C26H32N4O3. The van der Waals surface area contributed by atoms with E-state index in [1.165, 1.54) is 16.6 Å². The highest BCUT2D eigenvalue weighted by Gasteiger charge is 2.30. The van der Waals surface area contributed by atoms with Gasteiger partial charge in [-0.1, -0.05) is 18.2 Å². The third-order valence-corrected chi connectivity index (χ3v) is 6.60. The Balaban J connectivity index is 1.38. The minimum atomic E-state index is -0.0860. The van der Waals surface area contributed by atoms with Gasteiger partial charge in [0.25, 0.3) is 0 Å². The van der Waals surface area contributed by atoms with Gasteiger partial charge in [-0.05, 0) is 54.8 Å². The monoisotopic (exact) mass is 448 g/mol. The van der Waals surface area contributed by atoms with Crippen LogP contribution >= 0.6 is 0 Å². The van der Waals surface area contributed by atoms with Gasteiger partial charge < -0.3 is 19.9 Å². The molecule has 0 spiro atoms. The summed E-state index contributed by atoms with van der Waals surface area (Å²) in [6.07, 6.45) is 0. The van der Waals surface area contributed by atoms with Crippen molar-refractivity contribution < 1.29 is 14.3 Å². The van der Waals surface area contributed by atoms with E-state index in [4.69, 9.17) is 4.74 Å². The van der Waals surface area contributed by atoms with E-state index in [2.05, 4.69) is 41.2 Å². The van der Waals surface area contributed by atoms with Crippen molar-refractivity contribution in [3.8, 4) is 5.75 Å². The molecule has 7 heteroatoms. The number of aryl methyl sites for hydroxylation is 2. The Bertz CT molecular complexity index is 1150. The summed E-state index contributed by atoms with van der Waals surface area (Å²) >= 11 is 0. The maximum absolute atomic E-state index is 12.7. The van der Waals surface area contributed by atoms with Crippen LogP contribution in [0, 0.1) is 13.8 Å². The number of nitrogens with zero attached hydrogens (tertiary/aromatic N) is 2. The van der Waals surface area contributed by atoms with E-state index in [1.807, 2.05) is 35.2 Å². The summed E-state index contributed by atoms with van der Waals surface area (Å²) in [4.78, 5) is 32.3. The number of hydrogen-bond donors (Lipinski definition) is 2. The molecule has 1 atom stereocenters. The second kappa shape index (κ2) is 9.67. The van der Waals surface area contributed by atoms with Crippen LogP contribution in [0.1, 0.15) is 35.3 Å². The molecule has 0 saturated carbocycles. The van der Waals surface area contributed by atoms with Gasteiger partial charge in [-0.3, -0.25) is 14.5 Å². The zero-order valence-corrected chi connectivity index (χ0v) is 19.8. The highest BCUT2D eigenvalue weighted by molar-refractivity contribution is 5.85. The topological polar surface area (TPSA) is 77.7 Å². The fourth-order valence-electron chi connectivity index (χ4n) is 4.55. The van der Waals surface area contributed by atoms with Crippen LogP contribution in [-0.4, -0.2) is 59.9 Å². The van der Waals surface area contributed by atoms with Gasteiger partial charge in [0.15, 0.2) is 0 Å². The molecule has 0 radical (unpaired) electrons. The van der Waals surface area contributed by atoms with Crippen LogP contribution in [0.2, 0.25) is 0 Å². The molecule has 1 aromatic heterocycles. The number of piperazine rings is 1.